The molecular weight excluding hydrogens is 382 g/mol. The Kier molecular flexibility index (Phi) is 6.32. The zero-order chi connectivity index (χ0) is 19.2. The Morgan fingerprint density at radius 2 is 2.04 bits per heavy atom. The fourth-order valence-electron chi connectivity index (χ4n) is 2.58. The second-order valence-corrected chi connectivity index (χ2v) is 7.44. The highest BCUT2D eigenvalue weighted by molar-refractivity contribution is 8.15. The van der Waals surface area contributed by atoms with Crippen LogP contribution in [-0.2, 0) is 9.59 Å². The molecule has 5 nitrogen and oxygen atoms in total. The molecule has 0 saturated carbocycles. The van der Waals surface area contributed by atoms with Crippen molar-refractivity contribution in [1.29, 1.82) is 0 Å². The number of thioether (sulfide) groups is 1. The van der Waals surface area contributed by atoms with Crippen molar-refractivity contribution in [3.05, 3.63) is 72.3 Å². The van der Waals surface area contributed by atoms with Gasteiger partial charge in [0.2, 0.25) is 11.8 Å². The van der Waals surface area contributed by atoms with E-state index in [9.17, 15) is 9.59 Å². The third kappa shape index (κ3) is 4.99. The minimum absolute atomic E-state index is 0.0530. The number of benzene rings is 2. The summed E-state index contributed by atoms with van der Waals surface area (Å²) in [6, 6.07) is 16.3. The number of nitrogens with zero attached hydrogens (tertiary/aromatic N) is 2. The molecule has 27 heavy (non-hydrogen) atoms. The maximum atomic E-state index is 12.7. The molecule has 0 bridgehead atoms. The molecule has 0 aromatic heterocycles. The Balaban J connectivity index is 1.72. The third-order valence-electron chi connectivity index (χ3n) is 3.79. The molecule has 0 unspecified atom stereocenters. The van der Waals surface area contributed by atoms with Gasteiger partial charge < -0.3 is 5.32 Å². The summed E-state index contributed by atoms with van der Waals surface area (Å²) in [4.78, 5) is 31.2. The summed E-state index contributed by atoms with van der Waals surface area (Å²) in [6.45, 7) is 4.05. The molecule has 1 saturated heterocycles. The number of anilines is 1. The molecule has 1 N–H and O–H groups in total. The molecule has 1 atom stereocenters. The van der Waals surface area contributed by atoms with Gasteiger partial charge in [0.1, 0.15) is 5.25 Å². The molecule has 0 radical (unpaired) electrons. The van der Waals surface area contributed by atoms with Gasteiger partial charge in [-0.1, -0.05) is 53.7 Å². The lowest BCUT2D eigenvalue weighted by Crippen LogP contribution is -2.33. The number of carbonyl (C=O) groups excluding carboxylic acids is 2. The van der Waals surface area contributed by atoms with Crippen LogP contribution < -0.4 is 5.32 Å². The zero-order valence-corrected chi connectivity index (χ0v) is 16.0. The SMILES string of the molecule is C=CCN1C(=O)[C@@H](CC(=O)Nc2cccc(Cl)c2)SC1=Nc1ccccc1. The Hall–Kier alpha value is -2.57. The Morgan fingerprint density at radius 3 is 2.74 bits per heavy atom. The van der Waals surface area contributed by atoms with Crippen LogP contribution in [0.2, 0.25) is 5.02 Å². The molecule has 7 heteroatoms. The highest BCUT2D eigenvalue weighted by atomic mass is 35.5. The molecule has 138 valence electrons. The van der Waals surface area contributed by atoms with Crippen LogP contribution in [0.25, 0.3) is 0 Å². The van der Waals surface area contributed by atoms with Gasteiger partial charge in [-0.05, 0) is 30.3 Å². The number of hydrogen-bond donors (Lipinski definition) is 1. The average Bonchev–Trinajstić information content (AvgIpc) is 2.91. The van der Waals surface area contributed by atoms with E-state index < -0.39 is 5.25 Å². The molecule has 1 heterocycles. The van der Waals surface area contributed by atoms with Gasteiger partial charge in [-0.2, -0.15) is 0 Å². The van der Waals surface area contributed by atoms with Crippen molar-refractivity contribution < 1.29 is 9.59 Å². The van der Waals surface area contributed by atoms with Crippen LogP contribution in [0, 0.1) is 0 Å². The first-order valence-corrected chi connectivity index (χ1v) is 9.60. The van der Waals surface area contributed by atoms with Crippen molar-refractivity contribution in [2.24, 2.45) is 4.99 Å². The first-order chi connectivity index (χ1) is 13.1. The van der Waals surface area contributed by atoms with Gasteiger partial charge in [-0.3, -0.25) is 14.5 Å². The number of aliphatic imine (C=N–C) groups is 1. The van der Waals surface area contributed by atoms with E-state index in [2.05, 4.69) is 16.9 Å². The van der Waals surface area contributed by atoms with E-state index in [4.69, 9.17) is 11.6 Å². The molecular formula is C20H18ClN3O2S. The molecule has 1 aliphatic rings. The number of para-hydroxylation sites is 1. The third-order valence-corrected chi connectivity index (χ3v) is 5.20. The lowest BCUT2D eigenvalue weighted by Gasteiger charge is -2.13. The maximum Gasteiger partial charge on any atom is 0.242 e. The van der Waals surface area contributed by atoms with Crippen LogP contribution in [0.15, 0.2) is 72.2 Å². The van der Waals surface area contributed by atoms with Gasteiger partial charge in [-0.15, -0.1) is 6.58 Å². The van der Waals surface area contributed by atoms with E-state index in [0.29, 0.717) is 22.4 Å². The second-order valence-electron chi connectivity index (χ2n) is 5.84. The summed E-state index contributed by atoms with van der Waals surface area (Å²) in [5, 5.41) is 3.36. The Bertz CT molecular complexity index is 886. The second kappa shape index (κ2) is 8.88. The fourth-order valence-corrected chi connectivity index (χ4v) is 3.94. The summed E-state index contributed by atoms with van der Waals surface area (Å²) in [5.41, 5.74) is 1.36. The lowest BCUT2D eigenvalue weighted by atomic mass is 10.2. The van der Waals surface area contributed by atoms with Crippen LogP contribution >= 0.6 is 23.4 Å². The molecule has 3 rings (SSSR count). The van der Waals surface area contributed by atoms with E-state index in [-0.39, 0.29) is 18.2 Å². The largest absolute Gasteiger partial charge is 0.326 e. The van der Waals surface area contributed by atoms with Crippen LogP contribution in [0.4, 0.5) is 11.4 Å². The number of nitrogens with one attached hydrogen (secondary N) is 1. The van der Waals surface area contributed by atoms with Gasteiger partial charge in [0, 0.05) is 23.7 Å². The standard InChI is InChI=1S/C20H18ClN3O2S/c1-2-11-24-19(26)17(27-20(24)23-15-8-4-3-5-9-15)13-18(25)22-16-10-6-7-14(21)12-16/h2-10,12,17H,1,11,13H2,(H,22,25)/t17-/m1/s1. The zero-order valence-electron chi connectivity index (χ0n) is 14.5. The van der Waals surface area contributed by atoms with Gasteiger partial charge >= 0.3 is 0 Å². The molecule has 2 aromatic carbocycles. The van der Waals surface area contributed by atoms with Crippen LogP contribution in [-0.4, -0.2) is 33.7 Å². The maximum absolute atomic E-state index is 12.7. The molecule has 2 amide bonds. The van der Waals surface area contributed by atoms with Gasteiger partial charge in [0.15, 0.2) is 5.17 Å². The summed E-state index contributed by atoms with van der Waals surface area (Å²) < 4.78 is 0. The predicted molar refractivity (Wildman–Crippen MR) is 112 cm³/mol. The number of halogens is 1. The molecule has 1 fully saturated rings. The van der Waals surface area contributed by atoms with Crippen molar-refractivity contribution >= 4 is 51.7 Å². The average molecular weight is 400 g/mol. The minimum Gasteiger partial charge on any atom is -0.326 e. The minimum atomic E-state index is -0.522. The summed E-state index contributed by atoms with van der Waals surface area (Å²) >= 11 is 7.23. The normalized spacial score (nSPS) is 18.0. The van der Waals surface area contributed by atoms with Gasteiger partial charge in [-0.25, -0.2) is 4.99 Å². The summed E-state index contributed by atoms with van der Waals surface area (Å²) in [7, 11) is 0. The first-order valence-electron chi connectivity index (χ1n) is 8.35. The predicted octanol–water partition coefficient (Wildman–Crippen LogP) is 4.49. The number of carbonyl (C=O) groups is 2. The number of amides is 2. The fraction of sp³-hybridized carbons (Fsp3) is 0.150. The quantitative estimate of drug-likeness (QED) is 0.728. The Labute approximate surface area is 167 Å². The van der Waals surface area contributed by atoms with Crippen molar-refractivity contribution in [1.82, 2.24) is 4.90 Å². The molecule has 0 spiro atoms. The van der Waals surface area contributed by atoms with E-state index in [1.165, 1.54) is 11.8 Å². The topological polar surface area (TPSA) is 61.8 Å². The van der Waals surface area contributed by atoms with Crippen molar-refractivity contribution in [2.75, 3.05) is 11.9 Å². The van der Waals surface area contributed by atoms with Crippen LogP contribution in [0.1, 0.15) is 6.42 Å². The van der Waals surface area contributed by atoms with Crippen molar-refractivity contribution in [3.8, 4) is 0 Å². The molecule has 1 aliphatic heterocycles. The molecule has 2 aromatic rings. The van der Waals surface area contributed by atoms with Crippen molar-refractivity contribution in [2.45, 2.75) is 11.7 Å². The highest BCUT2D eigenvalue weighted by Gasteiger charge is 2.38. The monoisotopic (exact) mass is 399 g/mol. The van der Waals surface area contributed by atoms with E-state index in [0.717, 1.165) is 5.69 Å². The number of hydrogen-bond acceptors (Lipinski definition) is 4. The van der Waals surface area contributed by atoms with E-state index in [1.54, 1.807) is 35.2 Å². The van der Waals surface area contributed by atoms with Crippen LogP contribution in [0.3, 0.4) is 0 Å². The first kappa shape index (κ1) is 19.2. The van der Waals surface area contributed by atoms with Crippen LogP contribution in [0.5, 0.6) is 0 Å². The number of rotatable bonds is 6. The molecule has 0 aliphatic carbocycles. The Morgan fingerprint density at radius 1 is 1.26 bits per heavy atom. The highest BCUT2D eigenvalue weighted by Crippen LogP contribution is 2.31. The van der Waals surface area contributed by atoms with Gasteiger partial charge in [0.25, 0.3) is 0 Å². The van der Waals surface area contributed by atoms with E-state index in [1.807, 2.05) is 30.3 Å². The van der Waals surface area contributed by atoms with Crippen molar-refractivity contribution in [3.63, 3.8) is 0 Å². The lowest BCUT2D eigenvalue weighted by molar-refractivity contribution is -0.127. The summed E-state index contributed by atoms with van der Waals surface area (Å²) in [5.74, 6) is -0.390. The number of amidine groups is 1. The summed E-state index contributed by atoms with van der Waals surface area (Å²) in [6.07, 6.45) is 1.70. The van der Waals surface area contributed by atoms with E-state index >= 15 is 0 Å². The van der Waals surface area contributed by atoms with Gasteiger partial charge in [0.05, 0.1) is 5.69 Å². The smallest absolute Gasteiger partial charge is 0.242 e.